The second-order valence-electron chi connectivity index (χ2n) is 9.65. The molecule has 0 aromatic carbocycles. The van der Waals surface area contributed by atoms with E-state index in [1.807, 2.05) is 0 Å². The number of alkyl halides is 1. The van der Waals surface area contributed by atoms with Crippen molar-refractivity contribution in [2.75, 3.05) is 14.1 Å². The van der Waals surface area contributed by atoms with E-state index in [0.29, 0.717) is 6.42 Å². The van der Waals surface area contributed by atoms with Crippen LogP contribution in [0.5, 0.6) is 0 Å². The van der Waals surface area contributed by atoms with Crippen molar-refractivity contribution < 1.29 is 18.8 Å². The summed E-state index contributed by atoms with van der Waals surface area (Å²) in [5.74, 6) is -1.25. The zero-order valence-corrected chi connectivity index (χ0v) is 18.6. The standard InChI is InChI=1S/C20H38FN3O3/c1-13(25)14(17(2,3)11-18(4,5)15(26)22-9)24-16(27)20(8,21)12-19(6,7)23-10/h14,23H,11-12H2,1-10H3,(H,22,26)(H,24,27). The Morgan fingerprint density at radius 1 is 0.889 bits per heavy atom. The van der Waals surface area contributed by atoms with E-state index in [1.54, 1.807) is 55.6 Å². The van der Waals surface area contributed by atoms with E-state index < -0.39 is 34.0 Å². The molecule has 27 heavy (non-hydrogen) atoms. The molecule has 0 aromatic heterocycles. The predicted octanol–water partition coefficient (Wildman–Crippen LogP) is 2.36. The Morgan fingerprint density at radius 2 is 1.37 bits per heavy atom. The van der Waals surface area contributed by atoms with Gasteiger partial charge >= 0.3 is 0 Å². The van der Waals surface area contributed by atoms with Crippen molar-refractivity contribution in [1.29, 1.82) is 0 Å². The van der Waals surface area contributed by atoms with Crippen LogP contribution in [0.3, 0.4) is 0 Å². The highest BCUT2D eigenvalue weighted by Gasteiger charge is 2.45. The predicted molar refractivity (Wildman–Crippen MR) is 106 cm³/mol. The van der Waals surface area contributed by atoms with E-state index in [1.165, 1.54) is 13.8 Å². The van der Waals surface area contributed by atoms with Gasteiger partial charge in [0.2, 0.25) is 5.91 Å². The second-order valence-corrected chi connectivity index (χ2v) is 9.65. The molecule has 0 aliphatic heterocycles. The molecule has 0 fully saturated rings. The van der Waals surface area contributed by atoms with E-state index >= 15 is 4.39 Å². The second kappa shape index (κ2) is 8.67. The molecule has 2 unspecified atom stereocenters. The lowest BCUT2D eigenvalue weighted by Gasteiger charge is -2.40. The number of nitrogens with one attached hydrogen (secondary N) is 3. The zero-order valence-electron chi connectivity index (χ0n) is 18.6. The summed E-state index contributed by atoms with van der Waals surface area (Å²) < 4.78 is 15.1. The fraction of sp³-hybridized carbons (Fsp3) is 0.850. The number of Topliss-reactive ketones (excluding diaryl/α,β-unsaturated/α-hetero) is 1. The lowest BCUT2D eigenvalue weighted by atomic mass is 9.69. The molecule has 0 heterocycles. The van der Waals surface area contributed by atoms with Gasteiger partial charge in [-0.2, -0.15) is 0 Å². The van der Waals surface area contributed by atoms with Crippen molar-refractivity contribution >= 4 is 17.6 Å². The number of amides is 2. The molecule has 0 aliphatic carbocycles. The van der Waals surface area contributed by atoms with Gasteiger partial charge in [0, 0.05) is 24.4 Å². The van der Waals surface area contributed by atoms with Crippen LogP contribution in [0.1, 0.15) is 68.2 Å². The molecular formula is C20H38FN3O3. The van der Waals surface area contributed by atoms with Crippen molar-refractivity contribution in [1.82, 2.24) is 16.0 Å². The highest BCUT2D eigenvalue weighted by molar-refractivity contribution is 5.92. The summed E-state index contributed by atoms with van der Waals surface area (Å²) in [6, 6.07) is -0.901. The van der Waals surface area contributed by atoms with Gasteiger partial charge in [-0.25, -0.2) is 4.39 Å². The molecule has 2 amide bonds. The molecule has 0 saturated carbocycles. The molecule has 7 heteroatoms. The van der Waals surface area contributed by atoms with E-state index in [2.05, 4.69) is 16.0 Å². The van der Waals surface area contributed by atoms with Gasteiger partial charge < -0.3 is 16.0 Å². The third kappa shape index (κ3) is 7.20. The molecule has 0 bridgehead atoms. The van der Waals surface area contributed by atoms with Gasteiger partial charge in [0.15, 0.2) is 11.5 Å². The van der Waals surface area contributed by atoms with E-state index in [9.17, 15) is 14.4 Å². The Hall–Kier alpha value is -1.50. The Labute approximate surface area is 163 Å². The largest absolute Gasteiger partial charge is 0.359 e. The van der Waals surface area contributed by atoms with Gasteiger partial charge in [0.1, 0.15) is 0 Å². The number of carbonyl (C=O) groups is 3. The van der Waals surface area contributed by atoms with Crippen molar-refractivity contribution in [3.05, 3.63) is 0 Å². The summed E-state index contributed by atoms with van der Waals surface area (Å²) in [5, 5.41) is 8.19. The van der Waals surface area contributed by atoms with Crippen LogP contribution >= 0.6 is 0 Å². The number of rotatable bonds is 10. The van der Waals surface area contributed by atoms with Gasteiger partial charge in [0.05, 0.1) is 6.04 Å². The number of hydrogen-bond acceptors (Lipinski definition) is 4. The molecule has 158 valence electrons. The van der Waals surface area contributed by atoms with Gasteiger partial charge in [-0.1, -0.05) is 27.7 Å². The smallest absolute Gasteiger partial charge is 0.258 e. The average molecular weight is 388 g/mol. The average Bonchev–Trinajstić information content (AvgIpc) is 2.48. The minimum absolute atomic E-state index is 0.0445. The van der Waals surface area contributed by atoms with Crippen LogP contribution in [0, 0.1) is 10.8 Å². The molecular weight excluding hydrogens is 349 g/mol. The normalized spacial score (nSPS) is 16.3. The van der Waals surface area contributed by atoms with E-state index in [0.717, 1.165) is 0 Å². The quantitative estimate of drug-likeness (QED) is 0.537. The summed E-state index contributed by atoms with van der Waals surface area (Å²) in [5.41, 5.74) is -4.22. The summed E-state index contributed by atoms with van der Waals surface area (Å²) in [6.07, 6.45) is 0.298. The molecule has 0 saturated heterocycles. The number of ketones is 1. The topological polar surface area (TPSA) is 87.3 Å². The fourth-order valence-corrected chi connectivity index (χ4v) is 3.79. The van der Waals surface area contributed by atoms with E-state index in [-0.39, 0.29) is 18.1 Å². The van der Waals surface area contributed by atoms with E-state index in [4.69, 9.17) is 0 Å². The maximum Gasteiger partial charge on any atom is 0.258 e. The number of carbonyl (C=O) groups excluding carboxylic acids is 3. The van der Waals surface area contributed by atoms with Gasteiger partial charge in [-0.15, -0.1) is 0 Å². The maximum atomic E-state index is 15.1. The summed E-state index contributed by atoms with van der Waals surface area (Å²) in [6.45, 7) is 13.4. The number of halogens is 1. The number of hydrogen-bond donors (Lipinski definition) is 3. The van der Waals surface area contributed by atoms with Gasteiger partial charge in [-0.3, -0.25) is 14.4 Å². The van der Waals surface area contributed by atoms with Crippen LogP contribution in [0.25, 0.3) is 0 Å². The minimum atomic E-state index is -2.15. The van der Waals surface area contributed by atoms with Crippen LogP contribution in [-0.4, -0.2) is 48.9 Å². The lowest BCUT2D eigenvalue weighted by Crippen LogP contribution is -2.57. The van der Waals surface area contributed by atoms with Crippen molar-refractivity contribution in [2.45, 2.75) is 85.5 Å². The Balaban J connectivity index is 5.53. The highest BCUT2D eigenvalue weighted by Crippen LogP contribution is 2.37. The van der Waals surface area contributed by atoms with Gasteiger partial charge in [-0.05, 0) is 46.6 Å². The molecule has 0 radical (unpaired) electrons. The van der Waals surface area contributed by atoms with Crippen LogP contribution < -0.4 is 16.0 Å². The molecule has 6 nitrogen and oxygen atoms in total. The summed E-state index contributed by atoms with van der Waals surface area (Å²) >= 11 is 0. The van der Waals surface area contributed by atoms with Crippen LogP contribution in [0.4, 0.5) is 4.39 Å². The van der Waals surface area contributed by atoms with Crippen molar-refractivity contribution in [2.24, 2.45) is 10.8 Å². The van der Waals surface area contributed by atoms with Crippen LogP contribution in [0.15, 0.2) is 0 Å². The summed E-state index contributed by atoms with van der Waals surface area (Å²) in [4.78, 5) is 37.0. The lowest BCUT2D eigenvalue weighted by molar-refractivity contribution is -0.139. The Bertz CT molecular complexity index is 569. The minimum Gasteiger partial charge on any atom is -0.359 e. The SMILES string of the molecule is CNC(=O)C(C)(C)CC(C)(C)C(NC(=O)C(C)(F)CC(C)(C)NC)C(C)=O. The molecule has 2 atom stereocenters. The monoisotopic (exact) mass is 387 g/mol. The Kier molecular flexibility index (Phi) is 8.19. The Morgan fingerprint density at radius 3 is 1.74 bits per heavy atom. The molecule has 0 aliphatic rings. The molecule has 3 N–H and O–H groups in total. The van der Waals surface area contributed by atoms with Crippen molar-refractivity contribution in [3.8, 4) is 0 Å². The first kappa shape index (κ1) is 25.5. The highest BCUT2D eigenvalue weighted by atomic mass is 19.1. The van der Waals surface area contributed by atoms with Crippen LogP contribution in [0.2, 0.25) is 0 Å². The molecule has 0 aromatic rings. The fourth-order valence-electron chi connectivity index (χ4n) is 3.79. The first-order valence-electron chi connectivity index (χ1n) is 9.33. The van der Waals surface area contributed by atoms with Crippen LogP contribution in [-0.2, 0) is 14.4 Å². The third-order valence-electron chi connectivity index (χ3n) is 5.13. The first-order chi connectivity index (χ1) is 11.9. The zero-order chi connectivity index (χ0) is 21.8. The summed E-state index contributed by atoms with van der Waals surface area (Å²) in [7, 11) is 3.26. The van der Waals surface area contributed by atoms with Gasteiger partial charge in [0.25, 0.3) is 5.91 Å². The molecule has 0 rings (SSSR count). The maximum absolute atomic E-state index is 15.1. The first-order valence-corrected chi connectivity index (χ1v) is 9.33. The van der Waals surface area contributed by atoms with Crippen molar-refractivity contribution in [3.63, 3.8) is 0 Å². The third-order valence-corrected chi connectivity index (χ3v) is 5.13. The molecule has 0 spiro atoms.